The number of benzene rings is 1. The van der Waals surface area contributed by atoms with Gasteiger partial charge >= 0.3 is 0 Å². The number of nitrogens with one attached hydrogen (secondary N) is 1. The molecule has 0 aromatic heterocycles. The van der Waals surface area contributed by atoms with Crippen LogP contribution in [-0.4, -0.2) is 63.2 Å². The monoisotopic (exact) mass is 289 g/mol. The van der Waals surface area contributed by atoms with E-state index in [0.717, 1.165) is 12.2 Å². The number of fused-ring (bicyclic) bond motifs is 1. The normalized spacial score (nSPS) is 27.4. The van der Waals surface area contributed by atoms with Crippen molar-refractivity contribution in [1.82, 2.24) is 15.1 Å². The van der Waals surface area contributed by atoms with E-state index in [1.54, 1.807) is 7.11 Å². The number of nitrogens with zero attached hydrogens (tertiary/aromatic N) is 2. The number of likely N-dealkylation sites (N-methyl/N-ethyl adjacent to an activating group) is 2. The van der Waals surface area contributed by atoms with Crippen molar-refractivity contribution in [3.05, 3.63) is 29.3 Å². The summed E-state index contributed by atoms with van der Waals surface area (Å²) in [6.07, 6.45) is 2.41. The van der Waals surface area contributed by atoms with E-state index in [1.807, 2.05) is 0 Å². The first-order chi connectivity index (χ1) is 10.2. The molecule has 1 heterocycles. The Labute approximate surface area is 128 Å². The lowest BCUT2D eigenvalue weighted by atomic mass is 10.1. The van der Waals surface area contributed by atoms with Gasteiger partial charge in [-0.25, -0.2) is 0 Å². The molecular weight excluding hydrogens is 262 g/mol. The van der Waals surface area contributed by atoms with Crippen LogP contribution in [0, 0.1) is 0 Å². The van der Waals surface area contributed by atoms with Gasteiger partial charge in [-0.3, -0.25) is 4.90 Å². The molecule has 0 radical (unpaired) electrons. The van der Waals surface area contributed by atoms with Crippen LogP contribution in [0.15, 0.2) is 18.2 Å². The van der Waals surface area contributed by atoms with Crippen LogP contribution in [0.25, 0.3) is 0 Å². The zero-order chi connectivity index (χ0) is 14.8. The fraction of sp³-hybridized carbons (Fsp3) is 0.647. The zero-order valence-corrected chi connectivity index (χ0v) is 13.4. The van der Waals surface area contributed by atoms with Gasteiger partial charge in [0.2, 0.25) is 0 Å². The third-order valence-electron chi connectivity index (χ3n) is 5.04. The van der Waals surface area contributed by atoms with E-state index in [9.17, 15) is 0 Å². The highest BCUT2D eigenvalue weighted by Crippen LogP contribution is 2.36. The van der Waals surface area contributed by atoms with Gasteiger partial charge in [-0.1, -0.05) is 6.07 Å². The SMILES string of the molecule is CNC1c2cc(OC)ccc2CC1N1CCCN(C)CC1. The van der Waals surface area contributed by atoms with Crippen molar-refractivity contribution in [3.8, 4) is 5.75 Å². The molecule has 0 bridgehead atoms. The van der Waals surface area contributed by atoms with Gasteiger partial charge in [0.1, 0.15) is 5.75 Å². The Morgan fingerprint density at radius 3 is 2.81 bits per heavy atom. The lowest BCUT2D eigenvalue weighted by Gasteiger charge is -2.32. The predicted octanol–water partition coefficient (Wildman–Crippen LogP) is 1.52. The van der Waals surface area contributed by atoms with Crippen LogP contribution in [0.2, 0.25) is 0 Å². The van der Waals surface area contributed by atoms with E-state index in [0.29, 0.717) is 12.1 Å². The first kappa shape index (κ1) is 14.8. The highest BCUT2D eigenvalue weighted by Gasteiger charge is 2.36. The molecule has 2 aliphatic rings. The molecule has 116 valence electrons. The standard InChI is InChI=1S/C17H27N3O/c1-18-17-15-12-14(21-3)6-5-13(15)11-16(17)20-8-4-7-19(2)9-10-20/h5-6,12,16-18H,4,7-11H2,1-3H3. The average molecular weight is 289 g/mol. The first-order valence-corrected chi connectivity index (χ1v) is 7.99. The molecule has 3 rings (SSSR count). The van der Waals surface area contributed by atoms with E-state index >= 15 is 0 Å². The Hall–Kier alpha value is -1.10. The minimum Gasteiger partial charge on any atom is -0.497 e. The molecule has 1 fully saturated rings. The lowest BCUT2D eigenvalue weighted by molar-refractivity contribution is 0.175. The minimum atomic E-state index is 0.415. The van der Waals surface area contributed by atoms with E-state index in [-0.39, 0.29) is 0 Å². The van der Waals surface area contributed by atoms with Crippen LogP contribution in [0.3, 0.4) is 0 Å². The topological polar surface area (TPSA) is 27.7 Å². The molecule has 0 amide bonds. The van der Waals surface area contributed by atoms with Gasteiger partial charge in [0.25, 0.3) is 0 Å². The van der Waals surface area contributed by atoms with Crippen LogP contribution >= 0.6 is 0 Å². The van der Waals surface area contributed by atoms with E-state index in [1.165, 1.54) is 43.7 Å². The Balaban J connectivity index is 1.81. The van der Waals surface area contributed by atoms with Crippen LogP contribution in [0.5, 0.6) is 5.75 Å². The Morgan fingerprint density at radius 2 is 2.05 bits per heavy atom. The van der Waals surface area contributed by atoms with Gasteiger partial charge in [-0.05, 0) is 63.3 Å². The Kier molecular flexibility index (Phi) is 4.48. The van der Waals surface area contributed by atoms with Crippen LogP contribution < -0.4 is 10.1 Å². The summed E-state index contributed by atoms with van der Waals surface area (Å²) in [7, 11) is 6.05. The molecule has 4 heteroatoms. The molecule has 2 atom stereocenters. The van der Waals surface area contributed by atoms with Crippen LogP contribution in [0.1, 0.15) is 23.6 Å². The maximum atomic E-state index is 5.40. The van der Waals surface area contributed by atoms with Crippen molar-refractivity contribution in [1.29, 1.82) is 0 Å². The van der Waals surface area contributed by atoms with Gasteiger partial charge in [0, 0.05) is 25.2 Å². The highest BCUT2D eigenvalue weighted by molar-refractivity contribution is 5.42. The van der Waals surface area contributed by atoms with E-state index < -0.39 is 0 Å². The molecule has 1 aromatic rings. The third kappa shape index (κ3) is 2.93. The summed E-state index contributed by atoms with van der Waals surface area (Å²) < 4.78 is 5.40. The summed E-state index contributed by atoms with van der Waals surface area (Å²) in [5.74, 6) is 0.963. The molecule has 1 N–H and O–H groups in total. The van der Waals surface area contributed by atoms with Crippen LogP contribution in [-0.2, 0) is 6.42 Å². The molecule has 1 aromatic carbocycles. The molecule has 1 aliphatic heterocycles. The highest BCUT2D eigenvalue weighted by atomic mass is 16.5. The molecule has 0 saturated carbocycles. The van der Waals surface area contributed by atoms with Gasteiger partial charge < -0.3 is 15.0 Å². The van der Waals surface area contributed by atoms with Crippen LogP contribution in [0.4, 0.5) is 0 Å². The fourth-order valence-corrected chi connectivity index (χ4v) is 3.81. The number of methoxy groups -OCH3 is 1. The molecule has 4 nitrogen and oxygen atoms in total. The van der Waals surface area contributed by atoms with E-state index in [4.69, 9.17) is 4.74 Å². The first-order valence-electron chi connectivity index (χ1n) is 7.99. The Morgan fingerprint density at radius 1 is 1.19 bits per heavy atom. The number of ether oxygens (including phenoxy) is 1. The van der Waals surface area contributed by atoms with Crippen molar-refractivity contribution < 1.29 is 4.74 Å². The summed E-state index contributed by atoms with van der Waals surface area (Å²) in [5, 5.41) is 3.54. The van der Waals surface area contributed by atoms with E-state index in [2.05, 4.69) is 47.4 Å². The summed E-state index contributed by atoms with van der Waals surface area (Å²) in [4.78, 5) is 5.12. The van der Waals surface area contributed by atoms with Crippen molar-refractivity contribution in [2.75, 3.05) is 47.4 Å². The average Bonchev–Trinajstić information content (AvgIpc) is 2.73. The molecule has 0 spiro atoms. The fourth-order valence-electron chi connectivity index (χ4n) is 3.81. The lowest BCUT2D eigenvalue weighted by Crippen LogP contribution is -2.43. The molecular formula is C17H27N3O. The summed E-state index contributed by atoms with van der Waals surface area (Å²) in [6, 6.07) is 7.52. The zero-order valence-electron chi connectivity index (χ0n) is 13.4. The number of hydrogen-bond donors (Lipinski definition) is 1. The largest absolute Gasteiger partial charge is 0.497 e. The molecule has 1 saturated heterocycles. The summed E-state index contributed by atoms with van der Waals surface area (Å²) >= 11 is 0. The predicted molar refractivity (Wildman–Crippen MR) is 86.0 cm³/mol. The van der Waals surface area contributed by atoms with Gasteiger partial charge in [-0.2, -0.15) is 0 Å². The van der Waals surface area contributed by atoms with Crippen molar-refractivity contribution in [2.24, 2.45) is 0 Å². The molecule has 1 aliphatic carbocycles. The quantitative estimate of drug-likeness (QED) is 0.913. The second kappa shape index (κ2) is 6.34. The Bertz CT molecular complexity index is 491. The van der Waals surface area contributed by atoms with Crippen molar-refractivity contribution in [2.45, 2.75) is 24.9 Å². The number of rotatable bonds is 3. The van der Waals surface area contributed by atoms with Crippen molar-refractivity contribution in [3.63, 3.8) is 0 Å². The second-order valence-corrected chi connectivity index (χ2v) is 6.30. The van der Waals surface area contributed by atoms with Gasteiger partial charge in [0.15, 0.2) is 0 Å². The molecule has 2 unspecified atom stereocenters. The maximum absolute atomic E-state index is 5.40. The smallest absolute Gasteiger partial charge is 0.119 e. The number of hydrogen-bond acceptors (Lipinski definition) is 4. The summed E-state index contributed by atoms with van der Waals surface area (Å²) in [6.45, 7) is 4.77. The second-order valence-electron chi connectivity index (χ2n) is 6.30. The summed E-state index contributed by atoms with van der Waals surface area (Å²) in [5.41, 5.74) is 2.89. The molecule has 21 heavy (non-hydrogen) atoms. The van der Waals surface area contributed by atoms with Gasteiger partial charge in [0.05, 0.1) is 7.11 Å². The van der Waals surface area contributed by atoms with Gasteiger partial charge in [-0.15, -0.1) is 0 Å². The third-order valence-corrected chi connectivity index (χ3v) is 5.04. The minimum absolute atomic E-state index is 0.415. The maximum Gasteiger partial charge on any atom is 0.119 e. The van der Waals surface area contributed by atoms with Crippen molar-refractivity contribution >= 4 is 0 Å².